The van der Waals surface area contributed by atoms with E-state index in [2.05, 4.69) is 25.8 Å². The third-order valence-corrected chi connectivity index (χ3v) is 4.29. The Balaban J connectivity index is 1.57. The Morgan fingerprint density at radius 1 is 0.588 bits per heavy atom. The number of nitrogens with zero attached hydrogens (tertiary/aromatic N) is 4. The van der Waals surface area contributed by atoms with Crippen LogP contribution in [0.4, 0.5) is 0 Å². The lowest BCUT2D eigenvalue weighted by Crippen LogP contribution is -2.85. The van der Waals surface area contributed by atoms with Gasteiger partial charge in [-0.05, 0) is 34.9 Å². The third kappa shape index (κ3) is 10.1. The summed E-state index contributed by atoms with van der Waals surface area (Å²) >= 11 is 0. The van der Waals surface area contributed by atoms with Crippen LogP contribution in [0.3, 0.4) is 0 Å². The van der Waals surface area contributed by atoms with Crippen molar-refractivity contribution in [2.24, 2.45) is 20.4 Å². The van der Waals surface area contributed by atoms with Crippen molar-refractivity contribution in [2.45, 2.75) is 0 Å². The second-order valence-corrected chi connectivity index (χ2v) is 6.88. The van der Waals surface area contributed by atoms with Crippen LogP contribution < -0.4 is 10.9 Å². The van der Waals surface area contributed by atoms with Crippen molar-refractivity contribution in [3.05, 3.63) is 126 Å². The molecular weight excluding hydrogens is 420 g/mol. The summed E-state index contributed by atoms with van der Waals surface area (Å²) in [6.45, 7) is 0. The molecule has 3 aromatic carbocycles. The maximum absolute atomic E-state index is 4.27. The standard InChI is InChI=1S/C28H26N6/c1-4-13-25(14-5-1)19-10-22-29-32-28(33-30-23-11-20-26-15-6-2-7-16-26)34-31-24-12-21-27-17-8-3-9-18-27/h1-24H,(H2,32,33,34)/p+1. The predicted molar refractivity (Wildman–Crippen MR) is 144 cm³/mol. The molecule has 0 amide bonds. The summed E-state index contributed by atoms with van der Waals surface area (Å²) in [5, 5.41) is 16.7. The van der Waals surface area contributed by atoms with Gasteiger partial charge < -0.3 is 0 Å². The minimum Gasteiger partial charge on any atom is -0.211 e. The van der Waals surface area contributed by atoms with Crippen LogP contribution in [0.25, 0.3) is 18.2 Å². The molecule has 0 unspecified atom stereocenters. The number of rotatable bonds is 9. The van der Waals surface area contributed by atoms with E-state index < -0.39 is 0 Å². The van der Waals surface area contributed by atoms with Gasteiger partial charge >= 0.3 is 5.96 Å². The van der Waals surface area contributed by atoms with Gasteiger partial charge in [0.1, 0.15) is 0 Å². The molecule has 0 heterocycles. The lowest BCUT2D eigenvalue weighted by molar-refractivity contribution is -0.549. The van der Waals surface area contributed by atoms with Gasteiger partial charge in [0.25, 0.3) is 0 Å². The molecule has 0 aliphatic heterocycles. The molecule has 0 aromatic heterocycles. The molecule has 6 nitrogen and oxygen atoms in total. The SMILES string of the molecule is C(=Cc1ccccc1)C=NN=C(NN=CC=Cc1ccccc1)[NH2+]N=CC=Cc1ccccc1. The maximum Gasteiger partial charge on any atom is 0.365 e. The van der Waals surface area contributed by atoms with Crippen LogP contribution in [0.5, 0.6) is 0 Å². The summed E-state index contributed by atoms with van der Waals surface area (Å²) in [4.78, 5) is 0. The Bertz CT molecular complexity index is 1110. The first-order valence-electron chi connectivity index (χ1n) is 10.8. The normalized spacial score (nSPS) is 12.9. The molecule has 3 aromatic rings. The zero-order valence-electron chi connectivity index (χ0n) is 18.7. The summed E-state index contributed by atoms with van der Waals surface area (Å²) in [6.07, 6.45) is 16.4. The van der Waals surface area contributed by atoms with Crippen molar-refractivity contribution in [1.82, 2.24) is 5.43 Å². The second-order valence-electron chi connectivity index (χ2n) is 6.88. The molecule has 0 saturated heterocycles. The van der Waals surface area contributed by atoms with E-state index in [0.717, 1.165) is 16.7 Å². The number of nitrogens with one attached hydrogen (secondary N) is 1. The van der Waals surface area contributed by atoms with E-state index in [1.54, 1.807) is 24.1 Å². The number of nitrogens with two attached hydrogens (primary N) is 1. The number of benzene rings is 3. The molecule has 3 rings (SSSR count). The first-order valence-corrected chi connectivity index (χ1v) is 10.8. The van der Waals surface area contributed by atoms with Crippen LogP contribution in [0.15, 0.2) is 130 Å². The quantitative estimate of drug-likeness (QED) is 0.214. The van der Waals surface area contributed by atoms with Gasteiger partial charge in [-0.2, -0.15) is 15.6 Å². The fraction of sp³-hybridized carbons (Fsp3) is 0. The molecule has 0 fully saturated rings. The molecule has 168 valence electrons. The van der Waals surface area contributed by atoms with Gasteiger partial charge in [0.05, 0.1) is 6.21 Å². The summed E-state index contributed by atoms with van der Waals surface area (Å²) in [7, 11) is 0. The number of guanidine groups is 1. The molecule has 0 radical (unpaired) electrons. The van der Waals surface area contributed by atoms with Crippen molar-refractivity contribution < 1.29 is 5.43 Å². The number of hydrogen-bond donors (Lipinski definition) is 2. The fourth-order valence-corrected chi connectivity index (χ4v) is 2.68. The number of quaternary nitrogens is 1. The summed E-state index contributed by atoms with van der Waals surface area (Å²) in [6, 6.07) is 30.0. The maximum atomic E-state index is 4.27. The highest BCUT2D eigenvalue weighted by Gasteiger charge is 1.99. The first-order chi connectivity index (χ1) is 16.9. The first kappa shape index (κ1) is 24.0. The topological polar surface area (TPSA) is 78.1 Å². The number of hydrazone groups is 1. The number of allylic oxidation sites excluding steroid dienone is 3. The molecular formula is C28H27N6+. The van der Waals surface area contributed by atoms with Gasteiger partial charge in [0.15, 0.2) is 0 Å². The van der Waals surface area contributed by atoms with Crippen LogP contribution in [0.1, 0.15) is 16.7 Å². The Hall–Kier alpha value is -4.68. The van der Waals surface area contributed by atoms with Gasteiger partial charge in [-0.1, -0.05) is 119 Å². The summed E-state index contributed by atoms with van der Waals surface area (Å²) in [5.41, 5.74) is 7.71. The minimum absolute atomic E-state index is 0.401. The Morgan fingerprint density at radius 2 is 1.06 bits per heavy atom. The van der Waals surface area contributed by atoms with Gasteiger partial charge in [0, 0.05) is 12.4 Å². The van der Waals surface area contributed by atoms with Crippen molar-refractivity contribution in [1.29, 1.82) is 0 Å². The van der Waals surface area contributed by atoms with Crippen LogP contribution in [0, 0.1) is 0 Å². The highest BCUT2D eigenvalue weighted by molar-refractivity contribution is 5.81. The highest BCUT2D eigenvalue weighted by Crippen LogP contribution is 2.01. The van der Waals surface area contributed by atoms with Crippen LogP contribution in [0.2, 0.25) is 0 Å². The molecule has 6 heteroatoms. The zero-order valence-corrected chi connectivity index (χ0v) is 18.7. The van der Waals surface area contributed by atoms with E-state index in [1.807, 2.05) is 127 Å². The van der Waals surface area contributed by atoms with Crippen LogP contribution in [-0.2, 0) is 0 Å². The Labute approximate surface area is 200 Å². The van der Waals surface area contributed by atoms with Gasteiger partial charge in [0.2, 0.25) is 0 Å². The van der Waals surface area contributed by atoms with Crippen LogP contribution >= 0.6 is 0 Å². The van der Waals surface area contributed by atoms with Crippen molar-refractivity contribution in [3.63, 3.8) is 0 Å². The largest absolute Gasteiger partial charge is 0.365 e. The average molecular weight is 448 g/mol. The monoisotopic (exact) mass is 447 g/mol. The summed E-state index contributed by atoms with van der Waals surface area (Å²) < 4.78 is 0. The molecule has 34 heavy (non-hydrogen) atoms. The molecule has 3 N–H and O–H groups in total. The van der Waals surface area contributed by atoms with E-state index in [4.69, 9.17) is 0 Å². The van der Waals surface area contributed by atoms with Crippen LogP contribution in [-0.4, -0.2) is 24.6 Å². The third-order valence-electron chi connectivity index (χ3n) is 4.29. The average Bonchev–Trinajstić information content (AvgIpc) is 2.89. The van der Waals surface area contributed by atoms with Gasteiger partial charge in [-0.15, -0.1) is 0 Å². The lowest BCUT2D eigenvalue weighted by atomic mass is 10.2. The van der Waals surface area contributed by atoms with E-state index in [1.165, 1.54) is 0 Å². The van der Waals surface area contributed by atoms with Gasteiger partial charge in [-0.3, -0.25) is 0 Å². The molecule has 0 aliphatic rings. The fourth-order valence-electron chi connectivity index (χ4n) is 2.68. The van der Waals surface area contributed by atoms with Gasteiger partial charge in [-0.25, -0.2) is 5.43 Å². The predicted octanol–water partition coefficient (Wildman–Crippen LogP) is 4.59. The zero-order chi connectivity index (χ0) is 23.5. The molecule has 0 atom stereocenters. The summed E-state index contributed by atoms with van der Waals surface area (Å²) in [5.74, 6) is 0.401. The van der Waals surface area contributed by atoms with Crippen molar-refractivity contribution >= 4 is 42.8 Å². The molecule has 0 spiro atoms. The lowest BCUT2D eigenvalue weighted by Gasteiger charge is -1.95. The van der Waals surface area contributed by atoms with Crippen molar-refractivity contribution in [2.75, 3.05) is 0 Å². The van der Waals surface area contributed by atoms with E-state index in [-0.39, 0.29) is 0 Å². The minimum atomic E-state index is 0.401. The molecule has 0 bridgehead atoms. The van der Waals surface area contributed by atoms with Crippen molar-refractivity contribution in [3.8, 4) is 0 Å². The molecule has 0 saturated carbocycles. The molecule has 0 aliphatic carbocycles. The van der Waals surface area contributed by atoms with E-state index in [0.29, 0.717) is 5.96 Å². The Morgan fingerprint density at radius 3 is 1.59 bits per heavy atom. The van der Waals surface area contributed by atoms with E-state index in [9.17, 15) is 0 Å². The second kappa shape index (κ2) is 15.2. The van der Waals surface area contributed by atoms with E-state index >= 15 is 0 Å². The number of hydrogen-bond acceptors (Lipinski definition) is 4. The Kier molecular flexibility index (Phi) is 10.7. The smallest absolute Gasteiger partial charge is 0.211 e. The highest BCUT2D eigenvalue weighted by atomic mass is 15.5.